The number of para-hydroxylation sites is 1. The predicted molar refractivity (Wildman–Crippen MR) is 165 cm³/mol. The molecule has 8 rings (SSSR count). The van der Waals surface area contributed by atoms with Crippen molar-refractivity contribution in [2.24, 2.45) is 0 Å². The van der Waals surface area contributed by atoms with E-state index in [1.165, 1.54) is 0 Å². The lowest BCUT2D eigenvalue weighted by molar-refractivity contribution is 0.669. The van der Waals surface area contributed by atoms with Gasteiger partial charge < -0.3 is 4.42 Å². The van der Waals surface area contributed by atoms with Crippen molar-refractivity contribution < 1.29 is 11.3 Å². The first kappa shape index (κ1) is 17.4. The highest BCUT2D eigenvalue weighted by Crippen LogP contribution is 2.47. The number of benzene rings is 7. The third-order valence-electron chi connectivity index (χ3n) is 7.55. The van der Waals surface area contributed by atoms with E-state index in [9.17, 15) is 0 Å². The van der Waals surface area contributed by atoms with Crippen LogP contribution in [0.25, 0.3) is 76.9 Å². The van der Waals surface area contributed by atoms with E-state index in [1.807, 2.05) is 66.7 Å². The summed E-state index contributed by atoms with van der Waals surface area (Å²) < 4.78 is 49.2. The average Bonchev–Trinajstić information content (AvgIpc) is 3.44. The van der Waals surface area contributed by atoms with Crippen LogP contribution < -0.4 is 0 Å². The van der Waals surface area contributed by atoms with Crippen LogP contribution in [0, 0.1) is 0 Å². The van der Waals surface area contributed by atoms with E-state index >= 15 is 0 Å². The fourth-order valence-electron chi connectivity index (χ4n) is 5.91. The summed E-state index contributed by atoms with van der Waals surface area (Å²) in [6.07, 6.45) is 0. The monoisotopic (exact) mass is 501 g/mol. The Labute approximate surface area is 233 Å². The van der Waals surface area contributed by atoms with Gasteiger partial charge in [0, 0.05) is 10.8 Å². The number of rotatable bonds is 3. The molecule has 1 heterocycles. The summed E-state index contributed by atoms with van der Waals surface area (Å²) in [6.45, 7) is 0. The first-order chi connectivity index (χ1) is 21.4. The maximum absolute atomic E-state index is 8.92. The minimum atomic E-state index is -0.405. The van der Waals surface area contributed by atoms with Crippen molar-refractivity contribution >= 4 is 43.5 Å². The maximum Gasteiger partial charge on any atom is 0.136 e. The second-order valence-electron chi connectivity index (χ2n) is 9.70. The maximum atomic E-state index is 8.92. The average molecular weight is 502 g/mol. The van der Waals surface area contributed by atoms with Gasteiger partial charge in [-0.1, -0.05) is 127 Å². The van der Waals surface area contributed by atoms with Crippen LogP contribution >= 0.6 is 0 Å². The Hall–Kier alpha value is -5.14. The molecule has 1 nitrogen and oxygen atoms in total. The predicted octanol–water partition coefficient (Wildman–Crippen LogP) is 10.9. The van der Waals surface area contributed by atoms with Gasteiger partial charge in [0.2, 0.25) is 0 Å². The molecule has 7 aromatic carbocycles. The Balaban J connectivity index is 1.57. The van der Waals surface area contributed by atoms with E-state index in [4.69, 9.17) is 11.3 Å². The molecule has 0 fully saturated rings. The standard InChI is InChI=1S/C38H24O/c1-3-12-25(13-4-1)36-31-17-7-8-18-32(31)37(26-14-5-2-6-15-26)38-28(19-11-20-33(36)38)27-22-23-30-29-16-9-10-21-34(29)39-35(30)24-27/h1-24H/i1D,3D,4D,12D,13D. The van der Waals surface area contributed by atoms with E-state index in [0.29, 0.717) is 5.56 Å². The van der Waals surface area contributed by atoms with Gasteiger partial charge in [0.05, 0.1) is 6.85 Å². The molecule has 0 spiro atoms. The molecule has 0 radical (unpaired) electrons. The van der Waals surface area contributed by atoms with Crippen LogP contribution in [-0.4, -0.2) is 0 Å². The second kappa shape index (κ2) is 8.72. The van der Waals surface area contributed by atoms with Crippen molar-refractivity contribution in [3.8, 4) is 33.4 Å². The molecule has 0 aliphatic rings. The van der Waals surface area contributed by atoms with Crippen molar-refractivity contribution in [1.29, 1.82) is 0 Å². The molecule has 0 aliphatic heterocycles. The van der Waals surface area contributed by atoms with Crippen LogP contribution in [0.5, 0.6) is 0 Å². The van der Waals surface area contributed by atoms with E-state index < -0.39 is 6.04 Å². The molecule has 1 heteroatoms. The Morgan fingerprint density at radius 1 is 0.436 bits per heavy atom. The molecular formula is C38H24O. The molecule has 1 aromatic heterocycles. The number of hydrogen-bond acceptors (Lipinski definition) is 1. The smallest absolute Gasteiger partial charge is 0.136 e. The normalized spacial score (nSPS) is 13.4. The SMILES string of the molecule is [2H]c1c([2H])c([2H])c(-c2c3ccccc3c(-c3ccccc3)c3c(-c4ccc5c(c4)oc4ccccc45)cccc23)c([2H])c1[2H]. The molecule has 0 aliphatic carbocycles. The Bertz CT molecular complexity index is 2410. The zero-order chi connectivity index (χ0) is 30.1. The minimum absolute atomic E-state index is 0.196. The first-order valence-electron chi connectivity index (χ1n) is 15.5. The van der Waals surface area contributed by atoms with Crippen LogP contribution in [0.4, 0.5) is 0 Å². The van der Waals surface area contributed by atoms with Crippen LogP contribution in [-0.2, 0) is 0 Å². The molecule has 182 valence electrons. The second-order valence-corrected chi connectivity index (χ2v) is 9.70. The zero-order valence-corrected chi connectivity index (χ0v) is 20.9. The van der Waals surface area contributed by atoms with Gasteiger partial charge in [0.15, 0.2) is 0 Å². The first-order valence-corrected chi connectivity index (χ1v) is 13.0. The van der Waals surface area contributed by atoms with Crippen LogP contribution in [0.15, 0.2) is 150 Å². The van der Waals surface area contributed by atoms with Crippen molar-refractivity contribution in [3.05, 3.63) is 145 Å². The number of furan rings is 1. The largest absolute Gasteiger partial charge is 0.456 e. The lowest BCUT2D eigenvalue weighted by Gasteiger charge is -2.20. The van der Waals surface area contributed by atoms with Gasteiger partial charge in [-0.2, -0.15) is 0 Å². The van der Waals surface area contributed by atoms with Crippen LogP contribution in [0.1, 0.15) is 6.85 Å². The van der Waals surface area contributed by atoms with E-state index in [0.717, 1.165) is 65.7 Å². The van der Waals surface area contributed by atoms with E-state index in [1.54, 1.807) is 0 Å². The molecule has 0 amide bonds. The third kappa shape index (κ3) is 3.41. The summed E-state index contributed by atoms with van der Waals surface area (Å²) in [5.74, 6) is 0. The summed E-state index contributed by atoms with van der Waals surface area (Å²) in [5.41, 5.74) is 6.40. The highest BCUT2D eigenvalue weighted by Gasteiger charge is 2.20. The topological polar surface area (TPSA) is 13.1 Å². The van der Waals surface area contributed by atoms with Crippen LogP contribution in [0.3, 0.4) is 0 Å². The van der Waals surface area contributed by atoms with Gasteiger partial charge in [0.1, 0.15) is 11.2 Å². The van der Waals surface area contributed by atoms with Crippen molar-refractivity contribution in [1.82, 2.24) is 0 Å². The fourth-order valence-corrected chi connectivity index (χ4v) is 5.91. The lowest BCUT2D eigenvalue weighted by Crippen LogP contribution is -1.93. The molecular weight excluding hydrogens is 472 g/mol. The summed E-state index contributed by atoms with van der Waals surface area (Å²) in [4.78, 5) is 0. The Kier molecular flexibility index (Phi) is 3.89. The van der Waals surface area contributed by atoms with E-state index in [-0.39, 0.29) is 29.7 Å². The highest BCUT2D eigenvalue weighted by atomic mass is 16.3. The molecule has 39 heavy (non-hydrogen) atoms. The molecule has 0 bridgehead atoms. The van der Waals surface area contributed by atoms with Crippen LogP contribution in [0.2, 0.25) is 0 Å². The Morgan fingerprint density at radius 3 is 1.92 bits per heavy atom. The van der Waals surface area contributed by atoms with Crippen molar-refractivity contribution in [2.45, 2.75) is 0 Å². The fraction of sp³-hybridized carbons (Fsp3) is 0. The number of fused-ring (bicyclic) bond motifs is 5. The molecule has 0 saturated heterocycles. The van der Waals surface area contributed by atoms with Gasteiger partial charge in [0.25, 0.3) is 0 Å². The summed E-state index contributed by atoms with van der Waals surface area (Å²) in [7, 11) is 0. The van der Waals surface area contributed by atoms with Crippen molar-refractivity contribution in [2.75, 3.05) is 0 Å². The minimum Gasteiger partial charge on any atom is -0.456 e. The highest BCUT2D eigenvalue weighted by molar-refractivity contribution is 6.24. The Morgan fingerprint density at radius 2 is 1.10 bits per heavy atom. The number of hydrogen-bond donors (Lipinski definition) is 0. The van der Waals surface area contributed by atoms with Gasteiger partial charge >= 0.3 is 0 Å². The van der Waals surface area contributed by atoms with Gasteiger partial charge in [-0.25, -0.2) is 0 Å². The summed E-state index contributed by atoms with van der Waals surface area (Å²) >= 11 is 0. The molecule has 0 unspecified atom stereocenters. The zero-order valence-electron chi connectivity index (χ0n) is 25.9. The van der Waals surface area contributed by atoms with Gasteiger partial charge in [-0.05, 0) is 73.1 Å². The molecule has 0 atom stereocenters. The molecule has 0 N–H and O–H groups in total. The molecule has 8 aromatic rings. The summed E-state index contributed by atoms with van der Waals surface area (Å²) in [6, 6.07) is 36.9. The van der Waals surface area contributed by atoms with Gasteiger partial charge in [-0.3, -0.25) is 0 Å². The third-order valence-corrected chi connectivity index (χ3v) is 7.55. The van der Waals surface area contributed by atoms with E-state index in [2.05, 4.69) is 48.5 Å². The lowest BCUT2D eigenvalue weighted by atomic mass is 9.83. The molecule has 0 saturated carbocycles. The van der Waals surface area contributed by atoms with Crippen molar-refractivity contribution in [3.63, 3.8) is 0 Å². The quantitative estimate of drug-likeness (QED) is 0.219. The summed E-state index contributed by atoms with van der Waals surface area (Å²) in [5, 5.41) is 5.61. The van der Waals surface area contributed by atoms with Gasteiger partial charge in [-0.15, -0.1) is 0 Å².